The van der Waals surface area contributed by atoms with Crippen molar-refractivity contribution < 1.29 is 4.79 Å². The Morgan fingerprint density at radius 2 is 1.89 bits per heavy atom. The maximum Gasteiger partial charge on any atom is 0.323 e. The molecule has 0 aliphatic heterocycles. The van der Waals surface area contributed by atoms with Gasteiger partial charge in [0, 0.05) is 11.3 Å². The zero-order chi connectivity index (χ0) is 13.4. The standard InChI is InChI=1S/C13H10N4O2/c1-7-4-10(15-12(6-18)14-7)8-2-3-9-11(5-8)17-13(19)16-9/h2-6H,1H3,(H2,16,17,19). The van der Waals surface area contributed by atoms with E-state index in [-0.39, 0.29) is 11.5 Å². The van der Waals surface area contributed by atoms with Gasteiger partial charge in [-0.05, 0) is 25.1 Å². The monoisotopic (exact) mass is 254 g/mol. The van der Waals surface area contributed by atoms with Crippen molar-refractivity contribution in [3.8, 4) is 11.3 Å². The van der Waals surface area contributed by atoms with Crippen molar-refractivity contribution in [3.05, 3.63) is 46.3 Å². The topological polar surface area (TPSA) is 91.5 Å². The average molecular weight is 254 g/mol. The molecule has 94 valence electrons. The van der Waals surface area contributed by atoms with Gasteiger partial charge in [0.1, 0.15) is 0 Å². The lowest BCUT2D eigenvalue weighted by atomic mass is 10.1. The molecule has 6 heteroatoms. The van der Waals surface area contributed by atoms with Crippen molar-refractivity contribution in [2.75, 3.05) is 0 Å². The van der Waals surface area contributed by atoms with E-state index in [0.717, 1.165) is 16.8 Å². The quantitative estimate of drug-likeness (QED) is 0.677. The van der Waals surface area contributed by atoms with Crippen LogP contribution in [0.5, 0.6) is 0 Å². The van der Waals surface area contributed by atoms with E-state index in [1.165, 1.54) is 0 Å². The highest BCUT2D eigenvalue weighted by molar-refractivity contribution is 5.81. The minimum Gasteiger partial charge on any atom is -0.306 e. The summed E-state index contributed by atoms with van der Waals surface area (Å²) in [7, 11) is 0. The van der Waals surface area contributed by atoms with Crippen LogP contribution in [0, 0.1) is 6.92 Å². The van der Waals surface area contributed by atoms with E-state index in [0.29, 0.717) is 17.5 Å². The smallest absolute Gasteiger partial charge is 0.306 e. The number of fused-ring (bicyclic) bond motifs is 1. The minimum absolute atomic E-state index is 0.151. The number of rotatable bonds is 2. The molecule has 0 atom stereocenters. The van der Waals surface area contributed by atoms with E-state index in [1.807, 2.05) is 12.1 Å². The van der Waals surface area contributed by atoms with E-state index < -0.39 is 0 Å². The van der Waals surface area contributed by atoms with Crippen LogP contribution in [0.25, 0.3) is 22.3 Å². The van der Waals surface area contributed by atoms with E-state index in [2.05, 4.69) is 19.9 Å². The Balaban J connectivity index is 2.20. The van der Waals surface area contributed by atoms with Crippen LogP contribution in [-0.2, 0) is 0 Å². The summed E-state index contributed by atoms with van der Waals surface area (Å²) in [4.78, 5) is 35.5. The zero-order valence-electron chi connectivity index (χ0n) is 10.1. The first-order valence-electron chi connectivity index (χ1n) is 5.69. The fourth-order valence-corrected chi connectivity index (χ4v) is 1.98. The molecule has 19 heavy (non-hydrogen) atoms. The molecule has 2 heterocycles. The Hall–Kier alpha value is -2.76. The molecule has 3 aromatic rings. The second kappa shape index (κ2) is 4.16. The van der Waals surface area contributed by atoms with Crippen molar-refractivity contribution in [3.63, 3.8) is 0 Å². The van der Waals surface area contributed by atoms with Gasteiger partial charge >= 0.3 is 5.69 Å². The van der Waals surface area contributed by atoms with Crippen LogP contribution in [0.15, 0.2) is 29.1 Å². The number of carbonyl (C=O) groups is 1. The molecule has 2 aromatic heterocycles. The number of aryl methyl sites for hydroxylation is 1. The summed E-state index contributed by atoms with van der Waals surface area (Å²) in [6.45, 7) is 1.80. The van der Waals surface area contributed by atoms with Crippen molar-refractivity contribution in [1.82, 2.24) is 19.9 Å². The van der Waals surface area contributed by atoms with Gasteiger partial charge in [-0.1, -0.05) is 6.07 Å². The highest BCUT2D eigenvalue weighted by atomic mass is 16.1. The predicted molar refractivity (Wildman–Crippen MR) is 70.1 cm³/mol. The Kier molecular flexibility index (Phi) is 2.49. The first kappa shape index (κ1) is 11.3. The van der Waals surface area contributed by atoms with Crippen LogP contribution in [0.3, 0.4) is 0 Å². The minimum atomic E-state index is -0.250. The molecule has 6 nitrogen and oxygen atoms in total. The number of aldehydes is 1. The summed E-state index contributed by atoms with van der Waals surface area (Å²) in [5.41, 5.74) is 3.37. The summed E-state index contributed by atoms with van der Waals surface area (Å²) in [5.74, 6) is 0.151. The zero-order valence-corrected chi connectivity index (χ0v) is 10.1. The van der Waals surface area contributed by atoms with Crippen LogP contribution in [0.2, 0.25) is 0 Å². The summed E-state index contributed by atoms with van der Waals surface area (Å²) >= 11 is 0. The van der Waals surface area contributed by atoms with E-state index >= 15 is 0 Å². The predicted octanol–water partition coefficient (Wildman–Crippen LogP) is 1.43. The molecule has 0 spiro atoms. The summed E-state index contributed by atoms with van der Waals surface area (Å²) in [5, 5.41) is 0. The number of aromatic nitrogens is 4. The van der Waals surface area contributed by atoms with Crippen molar-refractivity contribution in [2.45, 2.75) is 6.92 Å². The number of H-pyrrole nitrogens is 2. The maximum absolute atomic E-state index is 11.2. The highest BCUT2D eigenvalue weighted by Gasteiger charge is 2.06. The molecule has 3 rings (SSSR count). The first-order chi connectivity index (χ1) is 9.15. The van der Waals surface area contributed by atoms with Gasteiger partial charge in [-0.3, -0.25) is 4.79 Å². The third kappa shape index (κ3) is 2.03. The van der Waals surface area contributed by atoms with Crippen molar-refractivity contribution in [1.29, 1.82) is 0 Å². The van der Waals surface area contributed by atoms with Crippen molar-refractivity contribution >= 4 is 17.3 Å². The fraction of sp³-hybridized carbons (Fsp3) is 0.0769. The molecule has 0 radical (unpaired) electrons. The molecule has 2 N–H and O–H groups in total. The van der Waals surface area contributed by atoms with Crippen LogP contribution in [0.4, 0.5) is 0 Å². The molecule has 1 aromatic carbocycles. The number of imidazole rings is 1. The Morgan fingerprint density at radius 3 is 2.68 bits per heavy atom. The summed E-state index contributed by atoms with van der Waals surface area (Å²) < 4.78 is 0. The van der Waals surface area contributed by atoms with Crippen LogP contribution >= 0.6 is 0 Å². The van der Waals surface area contributed by atoms with E-state index in [1.54, 1.807) is 19.1 Å². The van der Waals surface area contributed by atoms with E-state index in [9.17, 15) is 9.59 Å². The first-order valence-corrected chi connectivity index (χ1v) is 5.69. The lowest BCUT2D eigenvalue weighted by molar-refractivity contribution is 0.111. The molecule has 0 unspecified atom stereocenters. The van der Waals surface area contributed by atoms with Crippen LogP contribution < -0.4 is 5.69 Å². The van der Waals surface area contributed by atoms with Gasteiger partial charge in [0.15, 0.2) is 12.1 Å². The molecule has 0 aliphatic carbocycles. The van der Waals surface area contributed by atoms with E-state index in [4.69, 9.17) is 0 Å². The van der Waals surface area contributed by atoms with Gasteiger partial charge in [0.05, 0.1) is 16.7 Å². The third-order valence-electron chi connectivity index (χ3n) is 2.79. The van der Waals surface area contributed by atoms with Gasteiger partial charge < -0.3 is 9.97 Å². The largest absolute Gasteiger partial charge is 0.323 e. The van der Waals surface area contributed by atoms with Crippen LogP contribution in [0.1, 0.15) is 16.3 Å². The van der Waals surface area contributed by atoms with Gasteiger partial charge in [0.25, 0.3) is 0 Å². The van der Waals surface area contributed by atoms with Crippen LogP contribution in [-0.4, -0.2) is 26.2 Å². The Labute approximate surface area is 107 Å². The highest BCUT2D eigenvalue weighted by Crippen LogP contribution is 2.21. The summed E-state index contributed by atoms with van der Waals surface area (Å²) in [6, 6.07) is 7.23. The number of aromatic amines is 2. The number of hydrogen-bond donors (Lipinski definition) is 2. The summed E-state index contributed by atoms with van der Waals surface area (Å²) in [6.07, 6.45) is 0.618. The number of hydrogen-bond acceptors (Lipinski definition) is 4. The normalized spacial score (nSPS) is 10.8. The molecule has 0 saturated carbocycles. The maximum atomic E-state index is 11.2. The van der Waals surface area contributed by atoms with Gasteiger partial charge in [-0.15, -0.1) is 0 Å². The van der Waals surface area contributed by atoms with Gasteiger partial charge in [-0.25, -0.2) is 14.8 Å². The van der Waals surface area contributed by atoms with Gasteiger partial charge in [0.2, 0.25) is 0 Å². The number of carbonyl (C=O) groups excluding carboxylic acids is 1. The molecular weight excluding hydrogens is 244 g/mol. The average Bonchev–Trinajstić information content (AvgIpc) is 2.76. The Morgan fingerprint density at radius 1 is 1.11 bits per heavy atom. The number of nitrogens with one attached hydrogen (secondary N) is 2. The number of nitrogens with zero attached hydrogens (tertiary/aromatic N) is 2. The second-order valence-corrected chi connectivity index (χ2v) is 4.21. The second-order valence-electron chi connectivity index (χ2n) is 4.21. The Bertz CT molecular complexity index is 832. The fourth-order valence-electron chi connectivity index (χ4n) is 1.98. The van der Waals surface area contributed by atoms with Crippen molar-refractivity contribution in [2.24, 2.45) is 0 Å². The molecular formula is C13H10N4O2. The number of benzene rings is 1. The lowest BCUT2D eigenvalue weighted by Gasteiger charge is -2.03. The molecule has 0 amide bonds. The molecule has 0 fully saturated rings. The third-order valence-corrected chi connectivity index (χ3v) is 2.79. The molecule has 0 bridgehead atoms. The molecule has 0 saturated heterocycles. The molecule has 0 aliphatic rings. The lowest BCUT2D eigenvalue weighted by Crippen LogP contribution is -1.99. The SMILES string of the molecule is Cc1cc(-c2ccc3[nH]c(=O)[nH]c3c2)nc(C=O)n1. The van der Waals surface area contributed by atoms with Gasteiger partial charge in [-0.2, -0.15) is 0 Å².